The lowest BCUT2D eigenvalue weighted by molar-refractivity contribution is 0.266. The summed E-state index contributed by atoms with van der Waals surface area (Å²) in [6.07, 6.45) is 5.17. The number of hydrogen-bond acceptors (Lipinski definition) is 2. The van der Waals surface area contributed by atoms with Crippen molar-refractivity contribution < 1.29 is 0 Å². The van der Waals surface area contributed by atoms with E-state index in [0.29, 0.717) is 6.04 Å². The van der Waals surface area contributed by atoms with E-state index in [1.807, 2.05) is 11.3 Å². The first-order chi connectivity index (χ1) is 6.72. The van der Waals surface area contributed by atoms with Crippen LogP contribution < -0.4 is 5.73 Å². The maximum absolute atomic E-state index is 6.30. The molecule has 1 atom stereocenters. The van der Waals surface area contributed by atoms with Crippen molar-refractivity contribution in [3.05, 3.63) is 21.4 Å². The molecule has 2 N–H and O–H groups in total. The standard InChI is InChI=1S/C12H19NS/c1-3-9-7-8(2)14-12(9)11(13)10-5-4-6-10/h7,10-11H,3-6,13H2,1-2H3. The van der Waals surface area contributed by atoms with Gasteiger partial charge in [0.05, 0.1) is 0 Å². The summed E-state index contributed by atoms with van der Waals surface area (Å²) in [5, 5.41) is 0. The first kappa shape index (κ1) is 10.2. The van der Waals surface area contributed by atoms with Crippen molar-refractivity contribution in [1.82, 2.24) is 0 Å². The van der Waals surface area contributed by atoms with E-state index < -0.39 is 0 Å². The Morgan fingerprint density at radius 2 is 2.29 bits per heavy atom. The van der Waals surface area contributed by atoms with Gasteiger partial charge in [-0.2, -0.15) is 0 Å². The normalized spacial score (nSPS) is 19.4. The molecule has 0 aliphatic heterocycles. The third-order valence-corrected chi connectivity index (χ3v) is 4.50. The molecule has 2 rings (SSSR count). The average Bonchev–Trinajstić information content (AvgIpc) is 2.43. The highest BCUT2D eigenvalue weighted by Crippen LogP contribution is 2.40. The number of aryl methyl sites for hydroxylation is 2. The van der Waals surface area contributed by atoms with E-state index in [2.05, 4.69) is 19.9 Å². The van der Waals surface area contributed by atoms with Crippen LogP contribution >= 0.6 is 11.3 Å². The number of rotatable bonds is 3. The summed E-state index contributed by atoms with van der Waals surface area (Å²) in [5.41, 5.74) is 7.78. The van der Waals surface area contributed by atoms with Crippen LogP contribution in [0.15, 0.2) is 6.07 Å². The van der Waals surface area contributed by atoms with Crippen molar-refractivity contribution in [2.24, 2.45) is 11.7 Å². The Kier molecular flexibility index (Phi) is 2.93. The van der Waals surface area contributed by atoms with Crippen LogP contribution in [0.25, 0.3) is 0 Å². The van der Waals surface area contributed by atoms with Crippen molar-refractivity contribution in [2.75, 3.05) is 0 Å². The molecule has 0 aromatic carbocycles. The maximum Gasteiger partial charge on any atom is 0.0421 e. The second-order valence-corrected chi connectivity index (χ2v) is 5.60. The molecule has 1 aliphatic carbocycles. The lowest BCUT2D eigenvalue weighted by Gasteiger charge is -2.31. The van der Waals surface area contributed by atoms with Crippen LogP contribution in [0.5, 0.6) is 0 Å². The molecule has 1 heterocycles. The van der Waals surface area contributed by atoms with Gasteiger partial charge in [-0.3, -0.25) is 0 Å². The van der Waals surface area contributed by atoms with E-state index in [1.165, 1.54) is 34.6 Å². The van der Waals surface area contributed by atoms with Gasteiger partial charge in [-0.05, 0) is 43.7 Å². The fourth-order valence-electron chi connectivity index (χ4n) is 2.16. The van der Waals surface area contributed by atoms with Crippen LogP contribution in [0.4, 0.5) is 0 Å². The van der Waals surface area contributed by atoms with Gasteiger partial charge in [-0.25, -0.2) is 0 Å². The van der Waals surface area contributed by atoms with Crippen LogP contribution in [0.2, 0.25) is 0 Å². The molecule has 1 aliphatic rings. The van der Waals surface area contributed by atoms with Crippen LogP contribution in [-0.4, -0.2) is 0 Å². The van der Waals surface area contributed by atoms with Gasteiger partial charge in [0.1, 0.15) is 0 Å². The topological polar surface area (TPSA) is 26.0 Å². The largest absolute Gasteiger partial charge is 0.323 e. The Bertz CT molecular complexity index is 312. The monoisotopic (exact) mass is 209 g/mol. The molecular weight excluding hydrogens is 190 g/mol. The summed E-state index contributed by atoms with van der Waals surface area (Å²) in [6.45, 7) is 4.40. The van der Waals surface area contributed by atoms with Gasteiger partial charge in [0, 0.05) is 15.8 Å². The Labute approximate surface area is 90.3 Å². The zero-order chi connectivity index (χ0) is 10.1. The molecule has 78 valence electrons. The van der Waals surface area contributed by atoms with E-state index in [9.17, 15) is 0 Å². The molecule has 14 heavy (non-hydrogen) atoms. The van der Waals surface area contributed by atoms with Crippen LogP contribution in [0.3, 0.4) is 0 Å². The predicted molar refractivity (Wildman–Crippen MR) is 62.7 cm³/mol. The highest BCUT2D eigenvalue weighted by molar-refractivity contribution is 7.12. The molecule has 1 aromatic rings. The summed E-state index contributed by atoms with van der Waals surface area (Å²) < 4.78 is 0. The summed E-state index contributed by atoms with van der Waals surface area (Å²) in [7, 11) is 0. The van der Waals surface area contributed by atoms with E-state index in [0.717, 1.165) is 12.3 Å². The molecule has 1 nitrogen and oxygen atoms in total. The molecule has 0 bridgehead atoms. The Morgan fingerprint density at radius 3 is 2.79 bits per heavy atom. The fourth-order valence-corrected chi connectivity index (χ4v) is 3.37. The molecule has 1 saturated carbocycles. The minimum atomic E-state index is 0.317. The van der Waals surface area contributed by atoms with Gasteiger partial charge in [-0.15, -0.1) is 11.3 Å². The molecule has 0 amide bonds. The third kappa shape index (κ3) is 1.73. The number of thiophene rings is 1. The first-order valence-electron chi connectivity index (χ1n) is 5.57. The quantitative estimate of drug-likeness (QED) is 0.811. The average molecular weight is 209 g/mol. The predicted octanol–water partition coefficient (Wildman–Crippen LogP) is 3.42. The molecule has 1 unspecified atom stereocenters. The Morgan fingerprint density at radius 1 is 1.57 bits per heavy atom. The summed E-state index contributed by atoms with van der Waals surface area (Å²) in [4.78, 5) is 2.86. The van der Waals surface area contributed by atoms with Gasteiger partial charge in [-0.1, -0.05) is 13.3 Å². The van der Waals surface area contributed by atoms with Crippen LogP contribution in [0, 0.1) is 12.8 Å². The maximum atomic E-state index is 6.30. The van der Waals surface area contributed by atoms with Gasteiger partial charge in [0.2, 0.25) is 0 Å². The van der Waals surface area contributed by atoms with E-state index >= 15 is 0 Å². The SMILES string of the molecule is CCc1cc(C)sc1C(N)C1CCC1. The van der Waals surface area contributed by atoms with Crippen LogP contribution in [0.1, 0.15) is 47.5 Å². The number of nitrogens with two attached hydrogens (primary N) is 1. The van der Waals surface area contributed by atoms with Crippen molar-refractivity contribution in [2.45, 2.75) is 45.6 Å². The lowest BCUT2D eigenvalue weighted by Crippen LogP contribution is -2.26. The van der Waals surface area contributed by atoms with Gasteiger partial charge >= 0.3 is 0 Å². The number of hydrogen-bond donors (Lipinski definition) is 1. The van der Waals surface area contributed by atoms with Crippen molar-refractivity contribution in [3.63, 3.8) is 0 Å². The molecule has 0 saturated heterocycles. The molecule has 0 spiro atoms. The van der Waals surface area contributed by atoms with Crippen LogP contribution in [-0.2, 0) is 6.42 Å². The first-order valence-corrected chi connectivity index (χ1v) is 6.38. The Balaban J connectivity index is 2.20. The summed E-state index contributed by atoms with van der Waals surface area (Å²) in [5.74, 6) is 0.762. The zero-order valence-electron chi connectivity index (χ0n) is 9.05. The van der Waals surface area contributed by atoms with E-state index in [-0.39, 0.29) is 0 Å². The Hall–Kier alpha value is -0.340. The van der Waals surface area contributed by atoms with E-state index in [4.69, 9.17) is 5.73 Å². The fraction of sp³-hybridized carbons (Fsp3) is 0.667. The summed E-state index contributed by atoms with van der Waals surface area (Å²) >= 11 is 1.90. The van der Waals surface area contributed by atoms with Crippen molar-refractivity contribution >= 4 is 11.3 Å². The highest BCUT2D eigenvalue weighted by atomic mass is 32.1. The zero-order valence-corrected chi connectivity index (χ0v) is 9.86. The van der Waals surface area contributed by atoms with E-state index in [1.54, 1.807) is 0 Å². The second-order valence-electron chi connectivity index (χ2n) is 4.32. The summed E-state index contributed by atoms with van der Waals surface area (Å²) in [6, 6.07) is 2.62. The molecule has 1 aromatic heterocycles. The van der Waals surface area contributed by atoms with Gasteiger partial charge in [0.15, 0.2) is 0 Å². The smallest absolute Gasteiger partial charge is 0.0421 e. The lowest BCUT2D eigenvalue weighted by atomic mass is 9.79. The molecular formula is C12H19NS. The van der Waals surface area contributed by atoms with Crippen molar-refractivity contribution in [1.29, 1.82) is 0 Å². The minimum absolute atomic E-state index is 0.317. The van der Waals surface area contributed by atoms with Gasteiger partial charge in [0.25, 0.3) is 0 Å². The minimum Gasteiger partial charge on any atom is -0.323 e. The second kappa shape index (κ2) is 4.03. The highest BCUT2D eigenvalue weighted by Gasteiger charge is 2.27. The third-order valence-electron chi connectivity index (χ3n) is 3.31. The molecule has 1 fully saturated rings. The molecule has 2 heteroatoms. The van der Waals surface area contributed by atoms with Crippen molar-refractivity contribution in [3.8, 4) is 0 Å². The van der Waals surface area contributed by atoms with Gasteiger partial charge < -0.3 is 5.73 Å². The molecule has 0 radical (unpaired) electrons.